The fourth-order valence-corrected chi connectivity index (χ4v) is 4.15. The fraction of sp³-hybridized carbons (Fsp3) is 0.174. The third-order valence-electron chi connectivity index (χ3n) is 5.56. The molecule has 150 valence electrons. The summed E-state index contributed by atoms with van der Waals surface area (Å²) >= 11 is 6.16. The van der Waals surface area contributed by atoms with Crippen LogP contribution in [0.1, 0.15) is 27.3 Å². The number of fused-ring (bicyclic) bond motifs is 1. The molecule has 2 aromatic heterocycles. The number of hydrogen-bond acceptors (Lipinski definition) is 3. The Bertz CT molecular complexity index is 1230. The summed E-state index contributed by atoms with van der Waals surface area (Å²) in [7, 11) is 0. The number of halogens is 1. The highest BCUT2D eigenvalue weighted by atomic mass is 35.5. The first kappa shape index (κ1) is 18.6. The summed E-state index contributed by atoms with van der Waals surface area (Å²) in [6.45, 7) is 3.07. The van der Waals surface area contributed by atoms with Crippen molar-refractivity contribution in [2.45, 2.75) is 19.9 Å². The predicted molar refractivity (Wildman–Crippen MR) is 116 cm³/mol. The van der Waals surface area contributed by atoms with Gasteiger partial charge in [0.05, 0.1) is 28.8 Å². The number of hydrogen-bond donors (Lipinski definition) is 1. The van der Waals surface area contributed by atoms with E-state index < -0.39 is 0 Å². The van der Waals surface area contributed by atoms with E-state index >= 15 is 0 Å². The Morgan fingerprint density at radius 3 is 2.77 bits per heavy atom. The van der Waals surface area contributed by atoms with Crippen molar-refractivity contribution in [1.82, 2.24) is 24.9 Å². The van der Waals surface area contributed by atoms with Crippen molar-refractivity contribution in [3.63, 3.8) is 0 Å². The summed E-state index contributed by atoms with van der Waals surface area (Å²) < 4.78 is 1.80. The molecule has 0 aliphatic carbocycles. The number of para-hydroxylation sites is 1. The van der Waals surface area contributed by atoms with Crippen LogP contribution in [0.15, 0.2) is 60.8 Å². The molecule has 0 spiro atoms. The number of carbonyl (C=O) groups is 1. The van der Waals surface area contributed by atoms with Crippen molar-refractivity contribution in [1.29, 1.82) is 0 Å². The highest BCUT2D eigenvalue weighted by Crippen LogP contribution is 2.30. The topological polar surface area (TPSA) is 66.8 Å². The van der Waals surface area contributed by atoms with Gasteiger partial charge in [0.1, 0.15) is 0 Å². The maximum Gasteiger partial charge on any atom is 0.257 e. The summed E-state index contributed by atoms with van der Waals surface area (Å²) in [5.74, 6) is -0.0152. The van der Waals surface area contributed by atoms with Crippen LogP contribution in [0, 0.1) is 6.92 Å². The molecule has 1 N–H and O–H groups in total. The predicted octanol–water partition coefficient (Wildman–Crippen LogP) is 4.42. The molecule has 6 nitrogen and oxygen atoms in total. The van der Waals surface area contributed by atoms with Gasteiger partial charge >= 0.3 is 0 Å². The molecule has 5 rings (SSSR count). The van der Waals surface area contributed by atoms with Crippen LogP contribution in [0.2, 0.25) is 5.02 Å². The molecule has 7 heteroatoms. The molecule has 2 aromatic carbocycles. The monoisotopic (exact) mass is 417 g/mol. The molecule has 0 unspecified atom stereocenters. The number of aromatic amines is 1. The zero-order valence-electron chi connectivity index (χ0n) is 16.5. The lowest BCUT2D eigenvalue weighted by Gasteiger charge is -2.27. The number of benzene rings is 2. The molecule has 1 aliphatic rings. The maximum absolute atomic E-state index is 13.3. The SMILES string of the molecule is Cc1c(C(=O)N2CCc3[nH]nc(-c4cccc(Cl)c4)c3C2)cnn1-c1ccccc1. The zero-order valence-corrected chi connectivity index (χ0v) is 17.2. The van der Waals surface area contributed by atoms with E-state index in [1.807, 2.05) is 66.4 Å². The second-order valence-electron chi connectivity index (χ2n) is 7.41. The number of amides is 1. The van der Waals surface area contributed by atoms with Crippen molar-refractivity contribution in [3.8, 4) is 16.9 Å². The Morgan fingerprint density at radius 1 is 1.13 bits per heavy atom. The molecular formula is C23H20ClN5O. The van der Waals surface area contributed by atoms with Crippen LogP contribution in [-0.4, -0.2) is 37.3 Å². The number of rotatable bonds is 3. The maximum atomic E-state index is 13.3. The molecule has 1 aliphatic heterocycles. The molecule has 0 radical (unpaired) electrons. The van der Waals surface area contributed by atoms with E-state index in [0.29, 0.717) is 23.7 Å². The number of nitrogens with zero attached hydrogens (tertiary/aromatic N) is 4. The van der Waals surface area contributed by atoms with Crippen LogP contribution in [0.25, 0.3) is 16.9 Å². The van der Waals surface area contributed by atoms with E-state index in [1.165, 1.54) is 0 Å². The van der Waals surface area contributed by atoms with Gasteiger partial charge in [0, 0.05) is 41.4 Å². The first-order valence-corrected chi connectivity index (χ1v) is 10.2. The lowest BCUT2D eigenvalue weighted by molar-refractivity contribution is 0.0734. The first-order chi connectivity index (χ1) is 14.6. The van der Waals surface area contributed by atoms with Crippen molar-refractivity contribution < 1.29 is 4.79 Å². The Morgan fingerprint density at radius 2 is 1.97 bits per heavy atom. The number of carbonyl (C=O) groups excluding carboxylic acids is 1. The van der Waals surface area contributed by atoms with Crippen LogP contribution in [-0.2, 0) is 13.0 Å². The van der Waals surface area contributed by atoms with E-state index in [0.717, 1.165) is 40.3 Å². The highest BCUT2D eigenvalue weighted by molar-refractivity contribution is 6.30. The van der Waals surface area contributed by atoms with Gasteiger partial charge in [-0.2, -0.15) is 10.2 Å². The molecular weight excluding hydrogens is 398 g/mol. The second-order valence-corrected chi connectivity index (χ2v) is 7.84. The Labute approximate surface area is 179 Å². The van der Waals surface area contributed by atoms with Gasteiger partial charge in [-0.3, -0.25) is 9.89 Å². The second kappa shape index (κ2) is 7.46. The number of H-pyrrole nitrogens is 1. The van der Waals surface area contributed by atoms with Crippen molar-refractivity contribution in [3.05, 3.63) is 88.3 Å². The quantitative estimate of drug-likeness (QED) is 0.536. The lowest BCUT2D eigenvalue weighted by Crippen LogP contribution is -2.36. The van der Waals surface area contributed by atoms with Gasteiger partial charge in [-0.25, -0.2) is 4.68 Å². The minimum atomic E-state index is -0.0152. The molecule has 0 atom stereocenters. The van der Waals surface area contributed by atoms with Gasteiger partial charge in [-0.15, -0.1) is 0 Å². The van der Waals surface area contributed by atoms with Gasteiger partial charge in [-0.1, -0.05) is 41.9 Å². The van der Waals surface area contributed by atoms with Crippen LogP contribution in [0.4, 0.5) is 0 Å². The van der Waals surface area contributed by atoms with Crippen molar-refractivity contribution in [2.75, 3.05) is 6.54 Å². The standard InChI is InChI=1S/C23H20ClN5O/c1-15-19(13-25-29(15)18-8-3-2-4-9-18)23(30)28-11-10-21-20(14-28)22(27-26-21)16-6-5-7-17(24)12-16/h2-9,12-13H,10-11,14H2,1H3,(H,26,27). The number of nitrogens with one attached hydrogen (secondary N) is 1. The Hall–Kier alpha value is -3.38. The molecule has 0 fully saturated rings. The van der Waals surface area contributed by atoms with Gasteiger partial charge in [0.25, 0.3) is 5.91 Å². The van der Waals surface area contributed by atoms with Crippen LogP contribution < -0.4 is 0 Å². The summed E-state index contributed by atoms with van der Waals surface area (Å²) in [5, 5.41) is 12.7. The third-order valence-corrected chi connectivity index (χ3v) is 5.79. The van der Waals surface area contributed by atoms with Crippen LogP contribution in [0.3, 0.4) is 0 Å². The van der Waals surface area contributed by atoms with E-state index in [9.17, 15) is 4.79 Å². The number of aromatic nitrogens is 4. The molecule has 30 heavy (non-hydrogen) atoms. The van der Waals surface area contributed by atoms with Crippen molar-refractivity contribution in [2.24, 2.45) is 0 Å². The van der Waals surface area contributed by atoms with Gasteiger partial charge in [0.2, 0.25) is 0 Å². The Balaban J connectivity index is 1.44. The molecule has 3 heterocycles. The summed E-state index contributed by atoms with van der Waals surface area (Å²) in [4.78, 5) is 15.2. The zero-order chi connectivity index (χ0) is 20.7. The molecule has 0 bridgehead atoms. The smallest absolute Gasteiger partial charge is 0.257 e. The van der Waals surface area contributed by atoms with Gasteiger partial charge < -0.3 is 4.90 Å². The van der Waals surface area contributed by atoms with E-state index in [2.05, 4.69) is 15.3 Å². The average Bonchev–Trinajstić information content (AvgIpc) is 3.37. The van der Waals surface area contributed by atoms with E-state index in [4.69, 9.17) is 11.6 Å². The molecule has 0 saturated heterocycles. The van der Waals surface area contributed by atoms with Gasteiger partial charge in [-0.05, 0) is 31.2 Å². The van der Waals surface area contributed by atoms with E-state index in [-0.39, 0.29) is 5.91 Å². The first-order valence-electron chi connectivity index (χ1n) is 9.83. The minimum Gasteiger partial charge on any atom is -0.334 e. The Kier molecular flexibility index (Phi) is 4.64. The third kappa shape index (κ3) is 3.19. The van der Waals surface area contributed by atoms with Crippen LogP contribution in [0.5, 0.6) is 0 Å². The average molecular weight is 418 g/mol. The van der Waals surface area contributed by atoms with Crippen molar-refractivity contribution >= 4 is 17.5 Å². The lowest BCUT2D eigenvalue weighted by atomic mass is 10.0. The fourth-order valence-electron chi connectivity index (χ4n) is 3.96. The van der Waals surface area contributed by atoms with Crippen LogP contribution >= 0.6 is 11.6 Å². The van der Waals surface area contributed by atoms with Gasteiger partial charge in [0.15, 0.2) is 0 Å². The summed E-state index contributed by atoms with van der Waals surface area (Å²) in [6.07, 6.45) is 2.40. The largest absolute Gasteiger partial charge is 0.334 e. The molecule has 0 saturated carbocycles. The summed E-state index contributed by atoms with van der Waals surface area (Å²) in [6, 6.07) is 17.5. The normalized spacial score (nSPS) is 13.3. The molecule has 4 aromatic rings. The molecule has 1 amide bonds. The summed E-state index contributed by atoms with van der Waals surface area (Å²) in [5.41, 5.74) is 6.31. The minimum absolute atomic E-state index is 0.0152. The van der Waals surface area contributed by atoms with E-state index in [1.54, 1.807) is 10.9 Å². The highest BCUT2D eigenvalue weighted by Gasteiger charge is 2.28.